The zero-order chi connectivity index (χ0) is 62.7. The number of imide groups is 1. The minimum absolute atomic E-state index is 0.00192. The molecule has 5 heterocycles. The van der Waals surface area contributed by atoms with E-state index in [1.54, 1.807) is 79.5 Å². The minimum atomic E-state index is -3.47. The molecule has 0 radical (unpaired) electrons. The first-order valence-electron chi connectivity index (χ1n) is 29.7. The third kappa shape index (κ3) is 12.2. The van der Waals surface area contributed by atoms with Crippen LogP contribution in [0.15, 0.2) is 152 Å². The third-order valence-electron chi connectivity index (χ3n) is 16.7. The highest BCUT2D eigenvalue weighted by atomic mass is 28.5. The number of benzene rings is 5. The summed E-state index contributed by atoms with van der Waals surface area (Å²) in [5.41, 5.74) is 1.28. The maximum Gasteiger partial charge on any atom is 0.335 e. The van der Waals surface area contributed by atoms with Crippen molar-refractivity contribution in [1.29, 1.82) is 0 Å². The summed E-state index contributed by atoms with van der Waals surface area (Å²) >= 11 is 0. The van der Waals surface area contributed by atoms with Gasteiger partial charge in [-0.3, -0.25) is 23.7 Å². The monoisotopic (exact) mass is 1240 g/mol. The molecule has 0 unspecified atom stereocenters. The number of esters is 2. The van der Waals surface area contributed by atoms with E-state index in [9.17, 15) is 19.2 Å². The van der Waals surface area contributed by atoms with Gasteiger partial charge in [0.05, 0.1) is 33.8 Å². The summed E-state index contributed by atoms with van der Waals surface area (Å²) in [6, 6.07) is 41.6. The van der Waals surface area contributed by atoms with Crippen LogP contribution in [-0.2, 0) is 56.6 Å². The lowest BCUT2D eigenvalue weighted by atomic mass is 9.80. The van der Waals surface area contributed by atoms with E-state index in [1.165, 1.54) is 26.5 Å². The van der Waals surface area contributed by atoms with Crippen molar-refractivity contribution in [2.75, 3.05) is 32.3 Å². The molecular formula is C66H77N5O15Si2. The summed E-state index contributed by atoms with van der Waals surface area (Å²) in [6.07, 6.45) is -6.89. The Bertz CT molecular complexity index is 3430. The Balaban J connectivity index is 1.11. The summed E-state index contributed by atoms with van der Waals surface area (Å²) < 4.78 is 76.8. The second-order valence-electron chi connectivity index (χ2n) is 23.4. The Kier molecular flexibility index (Phi) is 19.2. The number of carbonyl (C=O) groups excluding carboxylic acids is 4. The molecule has 0 bridgehead atoms. The molecule has 0 spiro atoms. The Morgan fingerprint density at radius 1 is 0.614 bits per heavy atom. The number of aromatic nitrogens is 4. The fourth-order valence-corrected chi connectivity index (χ4v) is 23.6. The number of hydrogen-bond donors (Lipinski definition) is 0. The first-order valence-corrected chi connectivity index (χ1v) is 33.7. The van der Waals surface area contributed by atoms with Crippen molar-refractivity contribution >= 4 is 57.9 Å². The van der Waals surface area contributed by atoms with Crippen molar-refractivity contribution < 1.29 is 70.0 Å². The largest absolute Gasteiger partial charge is 0.497 e. The second kappa shape index (κ2) is 26.7. The highest BCUT2D eigenvalue weighted by Gasteiger charge is 2.64. The van der Waals surface area contributed by atoms with Crippen LogP contribution >= 0.6 is 0 Å². The lowest BCUT2D eigenvalue weighted by molar-refractivity contribution is -0.227. The Labute approximate surface area is 515 Å². The molecule has 0 N–H and O–H groups in total. The van der Waals surface area contributed by atoms with E-state index in [0.717, 1.165) is 21.6 Å². The zero-order valence-electron chi connectivity index (χ0n) is 51.6. The predicted octanol–water partition coefficient (Wildman–Crippen LogP) is 11.2. The second-order valence-corrected chi connectivity index (χ2v) is 32.3. The number of nitrogens with zero attached hydrogens (tertiary/aromatic N) is 5. The maximum atomic E-state index is 14.7. The highest BCUT2D eigenvalue weighted by Crippen LogP contribution is 2.51. The van der Waals surface area contributed by atoms with Crippen LogP contribution in [0.3, 0.4) is 0 Å². The molecule has 464 valence electrons. The van der Waals surface area contributed by atoms with Crippen molar-refractivity contribution in [2.24, 2.45) is 0 Å². The summed E-state index contributed by atoms with van der Waals surface area (Å²) in [7, 11) is -3.43. The van der Waals surface area contributed by atoms with E-state index in [1.807, 2.05) is 78.9 Å². The lowest BCUT2D eigenvalue weighted by Crippen LogP contribution is -2.66. The summed E-state index contributed by atoms with van der Waals surface area (Å²) in [5, 5.41) is 0. The van der Waals surface area contributed by atoms with Crippen molar-refractivity contribution in [2.45, 2.75) is 146 Å². The molecule has 22 heteroatoms. The van der Waals surface area contributed by atoms with Gasteiger partial charge in [0.1, 0.15) is 47.8 Å². The van der Waals surface area contributed by atoms with E-state index in [2.05, 4.69) is 60.4 Å². The number of hydrogen-bond acceptors (Lipinski definition) is 18. The van der Waals surface area contributed by atoms with E-state index < -0.39 is 95.6 Å². The molecule has 20 nitrogen and oxygen atoms in total. The Hall–Kier alpha value is -7.52. The van der Waals surface area contributed by atoms with Gasteiger partial charge in [0.2, 0.25) is 0 Å². The van der Waals surface area contributed by atoms with Gasteiger partial charge in [-0.15, -0.1) is 0 Å². The summed E-state index contributed by atoms with van der Waals surface area (Å²) in [6.45, 7) is 19.2. The number of methoxy groups -OCH3 is 2. The number of anilines is 1. The predicted molar refractivity (Wildman–Crippen MR) is 330 cm³/mol. The molecular weight excluding hydrogens is 1160 g/mol. The van der Waals surface area contributed by atoms with Crippen LogP contribution in [0, 0.1) is 0 Å². The van der Waals surface area contributed by atoms with Gasteiger partial charge < -0.3 is 50.9 Å². The van der Waals surface area contributed by atoms with E-state index >= 15 is 0 Å². The quantitative estimate of drug-likeness (QED) is 0.0300. The summed E-state index contributed by atoms with van der Waals surface area (Å²) in [5.74, 6) is -1.54. The maximum absolute atomic E-state index is 14.7. The van der Waals surface area contributed by atoms with Crippen LogP contribution in [0.1, 0.15) is 113 Å². The van der Waals surface area contributed by atoms with Crippen LogP contribution in [0.2, 0.25) is 22.2 Å². The number of ether oxygens (including phenoxy) is 8. The van der Waals surface area contributed by atoms with E-state index in [4.69, 9.17) is 60.8 Å². The molecule has 3 fully saturated rings. The highest BCUT2D eigenvalue weighted by molar-refractivity contribution is 6.84. The van der Waals surface area contributed by atoms with Crippen LogP contribution in [0.4, 0.5) is 5.82 Å². The smallest absolute Gasteiger partial charge is 0.335 e. The Morgan fingerprint density at radius 2 is 1.11 bits per heavy atom. The van der Waals surface area contributed by atoms with Crippen LogP contribution in [0.5, 0.6) is 11.5 Å². The zero-order valence-corrected chi connectivity index (χ0v) is 53.6. The van der Waals surface area contributed by atoms with Gasteiger partial charge in [0, 0.05) is 25.0 Å². The fraction of sp³-hybridized carbons (Fsp3) is 0.409. The first kappa shape index (κ1) is 63.5. The van der Waals surface area contributed by atoms with Crippen molar-refractivity contribution in [1.82, 2.24) is 19.5 Å². The SMILES string of the molecule is COc1ccc(C(OC[C@H]2O[C@H](O[C@@H]3[C@@H]4O[Si](C(C)C)(C(C)C)O[Si](C(C)C)(C(C)C)OC[C@H]4O[C@H]3n3cnc4c(N(C(=O)c5ccccc5)C(=O)c5ccccc5)ncnc43)[C@H](OC(C)=O)[C@@H]2OC(C)=O)(c2ccccc2)c2ccc(OC)cc2)cc1. The molecule has 2 aromatic heterocycles. The van der Waals surface area contributed by atoms with Gasteiger partial charge >= 0.3 is 29.1 Å². The van der Waals surface area contributed by atoms with Gasteiger partial charge in [-0.2, -0.15) is 0 Å². The number of rotatable bonds is 20. The summed E-state index contributed by atoms with van der Waals surface area (Å²) in [4.78, 5) is 71.5. The molecule has 3 saturated heterocycles. The van der Waals surface area contributed by atoms with Gasteiger partial charge in [-0.25, -0.2) is 19.9 Å². The standard InChI is InChI=1S/C66H77N5O15Si2/c1-40(2)87(41(3)4)79-37-54-57(85-88(86-87,42(5)6)43(7)8)58(64(82-54)70-39-69-55-60(70)67-38-68-61(55)71(62(74)46-22-16-13-17-23-46)63(75)47-24-18-14-19-25-47)84-65-59(81-45(10)73)56(80-44(9)72)53(83-65)36-78-66(48-26-20-15-21-27-48,49-28-32-51(76-11)33-29-49)50-30-34-52(77-12)35-31-50/h13-35,38-43,53-54,56-59,64-65H,36-37H2,1-12H3/t53-,54-,56-,57-,58-,59-,64-,65-/m1/s1. The topological polar surface area (TPSA) is 217 Å². The molecule has 3 aliphatic heterocycles. The lowest BCUT2D eigenvalue weighted by Gasteiger charge is -2.51. The van der Waals surface area contributed by atoms with Crippen LogP contribution in [-0.4, -0.2) is 131 Å². The van der Waals surface area contributed by atoms with E-state index in [-0.39, 0.29) is 63.5 Å². The van der Waals surface area contributed by atoms with Gasteiger partial charge in [0.25, 0.3) is 11.8 Å². The molecule has 3 aliphatic rings. The van der Waals surface area contributed by atoms with Crippen LogP contribution < -0.4 is 14.4 Å². The molecule has 0 aliphatic carbocycles. The number of fused-ring (bicyclic) bond motifs is 2. The molecule has 88 heavy (non-hydrogen) atoms. The normalized spacial score (nSPS) is 22.5. The van der Waals surface area contributed by atoms with Crippen LogP contribution in [0.25, 0.3) is 11.2 Å². The van der Waals surface area contributed by atoms with Crippen molar-refractivity contribution in [3.05, 3.63) is 180 Å². The minimum Gasteiger partial charge on any atom is -0.497 e. The number of amides is 2. The van der Waals surface area contributed by atoms with Gasteiger partial charge in [0.15, 0.2) is 41.7 Å². The van der Waals surface area contributed by atoms with E-state index in [0.29, 0.717) is 11.5 Å². The fourth-order valence-electron chi connectivity index (χ4n) is 12.4. The van der Waals surface area contributed by atoms with Gasteiger partial charge in [-0.1, -0.05) is 146 Å². The third-order valence-corrected chi connectivity index (χ3v) is 26.9. The van der Waals surface area contributed by atoms with Crippen molar-refractivity contribution in [3.8, 4) is 11.5 Å². The molecule has 7 aromatic rings. The molecule has 8 atom stereocenters. The Morgan fingerprint density at radius 3 is 1.61 bits per heavy atom. The average Bonchev–Trinajstić information content (AvgIpc) is 2.64. The first-order chi connectivity index (χ1) is 42.3. The molecule has 0 saturated carbocycles. The molecule has 2 amide bonds. The van der Waals surface area contributed by atoms with Gasteiger partial charge in [-0.05, 0) is 87.4 Å². The number of imidazole rings is 1. The number of carbonyl (C=O) groups is 4. The van der Waals surface area contributed by atoms with Crippen molar-refractivity contribution in [3.63, 3.8) is 0 Å². The molecule has 10 rings (SSSR count). The molecule has 5 aromatic carbocycles. The average molecular weight is 1240 g/mol.